The quantitative estimate of drug-likeness (QED) is 0.890. The molecule has 0 aliphatic heterocycles. The molecule has 0 aliphatic rings. The third kappa shape index (κ3) is 2.62. The molecule has 1 heterocycles. The van der Waals surface area contributed by atoms with Gasteiger partial charge < -0.3 is 5.73 Å². The molecule has 0 fully saturated rings. The van der Waals surface area contributed by atoms with Crippen LogP contribution in [0.1, 0.15) is 36.8 Å². The van der Waals surface area contributed by atoms with Gasteiger partial charge in [0.15, 0.2) is 0 Å². The number of nitrogens with two attached hydrogens (primary N) is 1. The summed E-state index contributed by atoms with van der Waals surface area (Å²) in [5.74, 6) is 0. The molecular formula is C15H20N2S. The number of hydrogen-bond acceptors (Lipinski definition) is 3. The fourth-order valence-electron chi connectivity index (χ4n) is 1.90. The highest BCUT2D eigenvalue weighted by Gasteiger charge is 2.16. The van der Waals surface area contributed by atoms with Crippen molar-refractivity contribution in [1.29, 1.82) is 0 Å². The molecule has 0 saturated heterocycles. The Kier molecular flexibility index (Phi) is 3.55. The second-order valence-corrected chi connectivity index (χ2v) is 6.55. The number of aryl methyl sites for hydroxylation is 1. The molecule has 2 aromatic rings. The molecule has 2 rings (SSSR count). The van der Waals surface area contributed by atoms with Crippen LogP contribution in [0.15, 0.2) is 24.3 Å². The van der Waals surface area contributed by atoms with Crippen molar-refractivity contribution in [3.05, 3.63) is 40.3 Å². The molecule has 18 heavy (non-hydrogen) atoms. The van der Waals surface area contributed by atoms with Crippen LogP contribution in [0.2, 0.25) is 0 Å². The predicted octanol–water partition coefficient (Wildman–Crippen LogP) is 3.87. The van der Waals surface area contributed by atoms with Gasteiger partial charge in [-0.2, -0.15) is 4.37 Å². The maximum atomic E-state index is 5.65. The number of benzene rings is 1. The summed E-state index contributed by atoms with van der Waals surface area (Å²) in [7, 11) is 0. The SMILES string of the molecule is Cc1ccc(C(C)(C)C)cc1-c1cc(CN)sn1. The van der Waals surface area contributed by atoms with Gasteiger partial charge in [-0.15, -0.1) is 0 Å². The zero-order valence-corrected chi connectivity index (χ0v) is 12.3. The number of hydrogen-bond donors (Lipinski definition) is 1. The van der Waals surface area contributed by atoms with Gasteiger partial charge in [0.1, 0.15) is 0 Å². The summed E-state index contributed by atoms with van der Waals surface area (Å²) >= 11 is 1.49. The summed E-state index contributed by atoms with van der Waals surface area (Å²) in [6, 6.07) is 8.73. The normalized spacial score (nSPS) is 11.8. The standard InChI is InChI=1S/C15H20N2S/c1-10-5-6-11(15(2,3)4)7-13(10)14-8-12(9-16)18-17-14/h5-8H,9,16H2,1-4H3. The van der Waals surface area contributed by atoms with Gasteiger partial charge in [-0.05, 0) is 47.1 Å². The predicted molar refractivity (Wildman–Crippen MR) is 78.9 cm³/mol. The van der Waals surface area contributed by atoms with Crippen LogP contribution in [0.5, 0.6) is 0 Å². The molecule has 96 valence electrons. The Morgan fingerprint density at radius 1 is 1.22 bits per heavy atom. The number of nitrogens with zero attached hydrogens (tertiary/aromatic N) is 1. The highest BCUT2D eigenvalue weighted by atomic mass is 32.1. The molecule has 0 spiro atoms. The average Bonchev–Trinajstić information content (AvgIpc) is 2.76. The molecule has 0 unspecified atom stereocenters. The highest BCUT2D eigenvalue weighted by molar-refractivity contribution is 7.06. The van der Waals surface area contributed by atoms with Gasteiger partial charge in [-0.25, -0.2) is 0 Å². The second-order valence-electron chi connectivity index (χ2n) is 5.66. The van der Waals surface area contributed by atoms with E-state index < -0.39 is 0 Å². The third-order valence-corrected chi connectivity index (χ3v) is 3.95. The van der Waals surface area contributed by atoms with Crippen LogP contribution < -0.4 is 5.73 Å². The van der Waals surface area contributed by atoms with Crippen LogP contribution in [-0.4, -0.2) is 4.37 Å². The smallest absolute Gasteiger partial charge is 0.0846 e. The van der Waals surface area contributed by atoms with Crippen LogP contribution >= 0.6 is 11.5 Å². The van der Waals surface area contributed by atoms with E-state index in [1.165, 1.54) is 28.2 Å². The lowest BCUT2D eigenvalue weighted by atomic mass is 9.85. The summed E-state index contributed by atoms with van der Waals surface area (Å²) in [6.07, 6.45) is 0. The van der Waals surface area contributed by atoms with Gasteiger partial charge in [0.25, 0.3) is 0 Å². The van der Waals surface area contributed by atoms with Crippen LogP contribution in [0.4, 0.5) is 0 Å². The van der Waals surface area contributed by atoms with E-state index >= 15 is 0 Å². The monoisotopic (exact) mass is 260 g/mol. The Morgan fingerprint density at radius 2 is 1.94 bits per heavy atom. The van der Waals surface area contributed by atoms with Crippen molar-refractivity contribution in [3.63, 3.8) is 0 Å². The minimum absolute atomic E-state index is 0.162. The van der Waals surface area contributed by atoms with E-state index in [-0.39, 0.29) is 5.41 Å². The van der Waals surface area contributed by atoms with Gasteiger partial charge in [0.2, 0.25) is 0 Å². The Labute approximate surface area is 113 Å². The molecule has 3 heteroatoms. The first kappa shape index (κ1) is 13.2. The van der Waals surface area contributed by atoms with Crippen LogP contribution in [-0.2, 0) is 12.0 Å². The highest BCUT2D eigenvalue weighted by Crippen LogP contribution is 2.30. The van der Waals surface area contributed by atoms with Gasteiger partial charge in [0.05, 0.1) is 5.69 Å². The van der Waals surface area contributed by atoms with Gasteiger partial charge >= 0.3 is 0 Å². The molecule has 2 N–H and O–H groups in total. The van der Waals surface area contributed by atoms with E-state index in [0.29, 0.717) is 6.54 Å². The maximum absolute atomic E-state index is 5.65. The Hall–Kier alpha value is -1.19. The van der Waals surface area contributed by atoms with Crippen molar-refractivity contribution < 1.29 is 0 Å². The number of aromatic nitrogens is 1. The van der Waals surface area contributed by atoms with E-state index in [1.54, 1.807) is 0 Å². The van der Waals surface area contributed by atoms with Crippen molar-refractivity contribution in [2.24, 2.45) is 5.73 Å². The van der Waals surface area contributed by atoms with Gasteiger partial charge in [0, 0.05) is 17.0 Å². The molecule has 1 aromatic heterocycles. The minimum Gasteiger partial charge on any atom is -0.326 e. The summed E-state index contributed by atoms with van der Waals surface area (Å²) in [4.78, 5) is 1.13. The molecule has 0 amide bonds. The second kappa shape index (κ2) is 4.82. The lowest BCUT2D eigenvalue weighted by Crippen LogP contribution is -2.11. The lowest BCUT2D eigenvalue weighted by molar-refractivity contribution is 0.590. The first-order chi connectivity index (χ1) is 8.41. The van der Waals surface area contributed by atoms with Crippen molar-refractivity contribution in [2.75, 3.05) is 0 Å². The van der Waals surface area contributed by atoms with Crippen molar-refractivity contribution >= 4 is 11.5 Å². The third-order valence-electron chi connectivity index (χ3n) is 3.14. The molecule has 2 nitrogen and oxygen atoms in total. The van der Waals surface area contributed by atoms with Gasteiger partial charge in [-0.3, -0.25) is 0 Å². The largest absolute Gasteiger partial charge is 0.326 e. The van der Waals surface area contributed by atoms with Crippen molar-refractivity contribution in [1.82, 2.24) is 4.37 Å². The molecule has 0 bridgehead atoms. The Bertz CT molecular complexity index is 550. The summed E-state index contributed by atoms with van der Waals surface area (Å²) < 4.78 is 4.50. The summed E-state index contributed by atoms with van der Waals surface area (Å²) in [6.45, 7) is 9.38. The van der Waals surface area contributed by atoms with Crippen LogP contribution in [0.25, 0.3) is 11.3 Å². The fraction of sp³-hybridized carbons (Fsp3) is 0.400. The zero-order chi connectivity index (χ0) is 13.3. The first-order valence-electron chi connectivity index (χ1n) is 6.19. The Morgan fingerprint density at radius 3 is 2.50 bits per heavy atom. The number of rotatable bonds is 2. The van der Waals surface area contributed by atoms with E-state index in [2.05, 4.69) is 56.3 Å². The van der Waals surface area contributed by atoms with E-state index in [0.717, 1.165) is 10.6 Å². The van der Waals surface area contributed by atoms with E-state index in [4.69, 9.17) is 5.73 Å². The summed E-state index contributed by atoms with van der Waals surface area (Å²) in [5.41, 5.74) is 10.7. The van der Waals surface area contributed by atoms with Crippen molar-refractivity contribution in [2.45, 2.75) is 39.7 Å². The fourth-order valence-corrected chi connectivity index (χ4v) is 2.51. The summed E-state index contributed by atoms with van der Waals surface area (Å²) in [5, 5.41) is 0. The van der Waals surface area contributed by atoms with Crippen molar-refractivity contribution in [3.8, 4) is 11.3 Å². The molecule has 0 aliphatic carbocycles. The first-order valence-corrected chi connectivity index (χ1v) is 6.96. The molecular weight excluding hydrogens is 240 g/mol. The van der Waals surface area contributed by atoms with Gasteiger partial charge in [-0.1, -0.05) is 32.9 Å². The topological polar surface area (TPSA) is 38.9 Å². The lowest BCUT2D eigenvalue weighted by Gasteiger charge is -2.20. The van der Waals surface area contributed by atoms with Crippen LogP contribution in [0, 0.1) is 6.92 Å². The average molecular weight is 260 g/mol. The van der Waals surface area contributed by atoms with E-state index in [1.807, 2.05) is 0 Å². The van der Waals surface area contributed by atoms with Crippen LogP contribution in [0.3, 0.4) is 0 Å². The zero-order valence-electron chi connectivity index (χ0n) is 11.4. The molecule has 1 aromatic carbocycles. The molecule has 0 radical (unpaired) electrons. The maximum Gasteiger partial charge on any atom is 0.0846 e. The minimum atomic E-state index is 0.162. The van der Waals surface area contributed by atoms with E-state index in [9.17, 15) is 0 Å². The molecule has 0 saturated carbocycles. The molecule has 0 atom stereocenters. The Balaban J connectivity index is 2.49.